The fraction of sp³-hybridized carbons (Fsp3) is 0.368. The molecule has 3 rings (SSSR count). The standard InChI is InChI=1S/C19H21ClN4O3/c20-17-4-3-16(10-18(17)24(26)27)19(25)22-12-14-5-8-23(9-6-14)13-15-2-1-7-21-11-15/h1-4,7,10-11,14H,5-6,8-9,12-13H2,(H,22,25). The van der Waals surface area contributed by atoms with E-state index in [1.54, 1.807) is 6.20 Å². The van der Waals surface area contributed by atoms with Crippen molar-refractivity contribution in [2.24, 2.45) is 5.92 Å². The highest BCUT2D eigenvalue weighted by Gasteiger charge is 2.21. The van der Waals surface area contributed by atoms with Gasteiger partial charge >= 0.3 is 0 Å². The molecule has 0 radical (unpaired) electrons. The van der Waals surface area contributed by atoms with Crippen LogP contribution in [0.5, 0.6) is 0 Å². The summed E-state index contributed by atoms with van der Waals surface area (Å²) in [6.07, 6.45) is 5.66. The molecule has 1 aromatic carbocycles. The van der Waals surface area contributed by atoms with E-state index in [9.17, 15) is 14.9 Å². The fourth-order valence-corrected chi connectivity index (χ4v) is 3.42. The molecule has 2 heterocycles. The summed E-state index contributed by atoms with van der Waals surface area (Å²) in [4.78, 5) is 29.2. The fourth-order valence-electron chi connectivity index (χ4n) is 3.23. The number of benzene rings is 1. The molecular weight excluding hydrogens is 368 g/mol. The molecular formula is C19H21ClN4O3. The predicted octanol–water partition coefficient (Wildman–Crippen LogP) is 3.29. The lowest BCUT2D eigenvalue weighted by Crippen LogP contribution is -2.38. The highest BCUT2D eigenvalue weighted by atomic mass is 35.5. The number of halogens is 1. The van der Waals surface area contributed by atoms with Gasteiger partial charge in [-0.15, -0.1) is 0 Å². The second-order valence-corrected chi connectivity index (χ2v) is 7.12. The van der Waals surface area contributed by atoms with Gasteiger partial charge in [0.2, 0.25) is 0 Å². The number of amides is 1. The van der Waals surface area contributed by atoms with Gasteiger partial charge in [0.25, 0.3) is 11.6 Å². The van der Waals surface area contributed by atoms with Crippen molar-refractivity contribution in [3.63, 3.8) is 0 Å². The Morgan fingerprint density at radius 2 is 2.11 bits per heavy atom. The van der Waals surface area contributed by atoms with Crippen molar-refractivity contribution < 1.29 is 9.72 Å². The number of rotatable bonds is 6. The molecule has 1 saturated heterocycles. The Bertz CT molecular complexity index is 808. The van der Waals surface area contributed by atoms with E-state index >= 15 is 0 Å². The van der Waals surface area contributed by atoms with Gasteiger partial charge in [-0.1, -0.05) is 17.7 Å². The van der Waals surface area contributed by atoms with Crippen LogP contribution in [0.25, 0.3) is 0 Å². The summed E-state index contributed by atoms with van der Waals surface area (Å²) in [5.41, 5.74) is 1.20. The smallest absolute Gasteiger partial charge is 0.288 e. The number of nitro benzene ring substituents is 1. The number of nitrogens with zero attached hydrogens (tertiary/aromatic N) is 3. The van der Waals surface area contributed by atoms with Gasteiger partial charge in [0, 0.05) is 37.1 Å². The van der Waals surface area contributed by atoms with Crippen LogP contribution in [-0.2, 0) is 6.54 Å². The monoisotopic (exact) mass is 388 g/mol. The Morgan fingerprint density at radius 1 is 1.33 bits per heavy atom. The first-order valence-corrected chi connectivity index (χ1v) is 9.24. The third kappa shape index (κ3) is 5.24. The average Bonchev–Trinajstić information content (AvgIpc) is 2.68. The quantitative estimate of drug-likeness (QED) is 0.606. The number of hydrogen-bond donors (Lipinski definition) is 1. The van der Waals surface area contributed by atoms with Crippen LogP contribution in [-0.4, -0.2) is 40.3 Å². The zero-order valence-electron chi connectivity index (χ0n) is 14.8. The summed E-state index contributed by atoms with van der Waals surface area (Å²) >= 11 is 5.78. The summed E-state index contributed by atoms with van der Waals surface area (Å²) in [6, 6.07) is 8.12. The molecule has 1 N–H and O–H groups in total. The van der Waals surface area contributed by atoms with Crippen molar-refractivity contribution >= 4 is 23.2 Å². The molecule has 1 aromatic heterocycles. The molecule has 0 unspecified atom stereocenters. The molecule has 0 aliphatic carbocycles. The van der Waals surface area contributed by atoms with Crippen molar-refractivity contribution in [2.45, 2.75) is 19.4 Å². The summed E-state index contributed by atoms with van der Waals surface area (Å²) < 4.78 is 0. The van der Waals surface area contributed by atoms with Crippen LogP contribution < -0.4 is 5.32 Å². The van der Waals surface area contributed by atoms with Gasteiger partial charge < -0.3 is 5.32 Å². The van der Waals surface area contributed by atoms with Crippen LogP contribution in [0.2, 0.25) is 5.02 Å². The van der Waals surface area contributed by atoms with Crippen molar-refractivity contribution in [1.29, 1.82) is 0 Å². The van der Waals surface area contributed by atoms with Gasteiger partial charge in [0.05, 0.1) is 4.92 Å². The molecule has 0 spiro atoms. The molecule has 27 heavy (non-hydrogen) atoms. The summed E-state index contributed by atoms with van der Waals surface area (Å²) in [7, 11) is 0. The Kier molecular flexibility index (Phi) is 6.36. The van der Waals surface area contributed by atoms with Crippen LogP contribution in [0.4, 0.5) is 5.69 Å². The summed E-state index contributed by atoms with van der Waals surface area (Å²) in [5, 5.41) is 13.9. The lowest BCUT2D eigenvalue weighted by molar-refractivity contribution is -0.384. The zero-order chi connectivity index (χ0) is 19.2. The average molecular weight is 389 g/mol. The third-order valence-corrected chi connectivity index (χ3v) is 5.11. The maximum atomic E-state index is 12.3. The van der Waals surface area contributed by atoms with E-state index < -0.39 is 4.92 Å². The van der Waals surface area contributed by atoms with E-state index in [4.69, 9.17) is 11.6 Å². The van der Waals surface area contributed by atoms with Crippen molar-refractivity contribution in [1.82, 2.24) is 15.2 Å². The van der Waals surface area contributed by atoms with Crippen molar-refractivity contribution in [3.05, 3.63) is 69.0 Å². The number of pyridine rings is 1. The highest BCUT2D eigenvalue weighted by molar-refractivity contribution is 6.32. The van der Waals surface area contributed by atoms with Crippen LogP contribution in [0, 0.1) is 16.0 Å². The lowest BCUT2D eigenvalue weighted by atomic mass is 9.96. The van der Waals surface area contributed by atoms with E-state index in [2.05, 4.69) is 21.3 Å². The molecule has 1 amide bonds. The Hall–Kier alpha value is -2.51. The number of hydrogen-bond acceptors (Lipinski definition) is 5. The van der Waals surface area contributed by atoms with E-state index in [0.717, 1.165) is 32.5 Å². The number of carbonyl (C=O) groups is 1. The highest BCUT2D eigenvalue weighted by Crippen LogP contribution is 2.25. The van der Waals surface area contributed by atoms with E-state index in [1.165, 1.54) is 23.8 Å². The van der Waals surface area contributed by atoms with Crippen LogP contribution >= 0.6 is 11.6 Å². The molecule has 2 aromatic rings. The number of nitro groups is 1. The normalized spacial score (nSPS) is 15.4. The minimum Gasteiger partial charge on any atom is -0.352 e. The predicted molar refractivity (Wildman–Crippen MR) is 103 cm³/mol. The van der Waals surface area contributed by atoms with Crippen LogP contribution in [0.15, 0.2) is 42.7 Å². The van der Waals surface area contributed by atoms with E-state index in [-0.39, 0.29) is 22.2 Å². The van der Waals surface area contributed by atoms with Gasteiger partial charge in [0.1, 0.15) is 5.02 Å². The number of aromatic nitrogens is 1. The van der Waals surface area contributed by atoms with Gasteiger partial charge in [0.15, 0.2) is 0 Å². The first kappa shape index (κ1) is 19.3. The summed E-state index contributed by atoms with van der Waals surface area (Å²) in [5.74, 6) is 0.0916. The molecule has 1 aliphatic heterocycles. The molecule has 0 saturated carbocycles. The first-order chi connectivity index (χ1) is 13.0. The van der Waals surface area contributed by atoms with Gasteiger partial charge in [-0.05, 0) is 55.6 Å². The van der Waals surface area contributed by atoms with Crippen molar-refractivity contribution in [3.8, 4) is 0 Å². The minimum absolute atomic E-state index is 0.0255. The molecule has 0 bridgehead atoms. The molecule has 0 atom stereocenters. The Balaban J connectivity index is 1.46. The summed E-state index contributed by atoms with van der Waals surface area (Å²) in [6.45, 7) is 3.40. The molecule has 1 fully saturated rings. The second-order valence-electron chi connectivity index (χ2n) is 6.71. The van der Waals surface area contributed by atoms with Crippen LogP contribution in [0.3, 0.4) is 0 Å². The molecule has 1 aliphatic rings. The van der Waals surface area contributed by atoms with Gasteiger partial charge in [-0.2, -0.15) is 0 Å². The second kappa shape index (κ2) is 8.92. The largest absolute Gasteiger partial charge is 0.352 e. The zero-order valence-corrected chi connectivity index (χ0v) is 15.6. The van der Waals surface area contributed by atoms with Gasteiger partial charge in [-0.25, -0.2) is 0 Å². The SMILES string of the molecule is O=C(NCC1CCN(Cc2cccnc2)CC1)c1ccc(Cl)c([N+](=O)[O-])c1. The van der Waals surface area contributed by atoms with E-state index in [1.807, 2.05) is 12.3 Å². The Labute approximate surface area is 162 Å². The third-order valence-electron chi connectivity index (χ3n) is 4.79. The van der Waals surface area contributed by atoms with Gasteiger partial charge in [-0.3, -0.25) is 24.8 Å². The topological polar surface area (TPSA) is 88.4 Å². The maximum absolute atomic E-state index is 12.3. The minimum atomic E-state index is -0.586. The number of carbonyl (C=O) groups excluding carboxylic acids is 1. The number of likely N-dealkylation sites (tertiary alicyclic amines) is 1. The Morgan fingerprint density at radius 3 is 2.78 bits per heavy atom. The van der Waals surface area contributed by atoms with Crippen LogP contribution in [0.1, 0.15) is 28.8 Å². The maximum Gasteiger partial charge on any atom is 0.288 e. The van der Waals surface area contributed by atoms with Crippen molar-refractivity contribution in [2.75, 3.05) is 19.6 Å². The number of piperidine rings is 1. The first-order valence-electron chi connectivity index (χ1n) is 8.86. The molecule has 142 valence electrons. The molecule has 8 heteroatoms. The van der Waals surface area contributed by atoms with E-state index in [0.29, 0.717) is 12.5 Å². The lowest BCUT2D eigenvalue weighted by Gasteiger charge is -2.32. The number of nitrogens with one attached hydrogen (secondary N) is 1. The molecule has 7 nitrogen and oxygen atoms in total.